The van der Waals surface area contributed by atoms with Crippen molar-refractivity contribution >= 4 is 13.6 Å². The quantitative estimate of drug-likeness (QED) is 0.189. The van der Waals surface area contributed by atoms with Crippen molar-refractivity contribution < 1.29 is 9.63 Å². The van der Waals surface area contributed by atoms with Gasteiger partial charge in [0.05, 0.1) is 0 Å². The number of carbonyl (C=O) groups is 1. The van der Waals surface area contributed by atoms with E-state index in [0.717, 1.165) is 0 Å². The van der Waals surface area contributed by atoms with Gasteiger partial charge in [-0.15, -0.1) is 0 Å². The normalized spacial score (nSPS) is 6.67. The van der Waals surface area contributed by atoms with Crippen LogP contribution in [0.25, 0.3) is 0 Å². The molecular weight excluding hydrogens is 84.8 g/mol. The summed E-state index contributed by atoms with van der Waals surface area (Å²) in [4.78, 5) is 17.4. The van der Waals surface area contributed by atoms with Gasteiger partial charge in [-0.2, -0.15) is 0 Å². The van der Waals surface area contributed by atoms with Gasteiger partial charge in [-0.1, -0.05) is 4.83 Å². The Balaban J connectivity index is 3.05. The smallest absolute Gasteiger partial charge is 0.306 e. The van der Waals surface area contributed by atoms with Crippen molar-refractivity contribution in [2.24, 2.45) is 0 Å². The monoisotopic (exact) mass is 86.0 g/mol. The predicted octanol–water partition coefficient (Wildman–Crippen LogP) is -0.927. The first-order valence-corrected chi connectivity index (χ1v) is 1.19. The topological polar surface area (TPSA) is 60.2 Å². The summed E-state index contributed by atoms with van der Waals surface area (Å²) in [6.45, 7) is 0. The lowest BCUT2D eigenvalue weighted by Gasteiger charge is -1.70. The molecule has 0 bridgehead atoms. The highest BCUT2D eigenvalue weighted by atomic mass is 16.6. The van der Waals surface area contributed by atoms with Gasteiger partial charge >= 0.3 is 7.41 Å². The van der Waals surface area contributed by atoms with Crippen molar-refractivity contribution in [2.75, 3.05) is 0 Å². The molecular formula is CHBNO3. The first kappa shape index (κ1) is 5.13. The second-order valence-corrected chi connectivity index (χ2v) is 0.571. The zero-order valence-corrected chi connectivity index (χ0v) is 2.83. The van der Waals surface area contributed by atoms with Crippen molar-refractivity contribution in [3.05, 3.63) is 10.1 Å². The Kier molecular flexibility index (Phi) is 2.03. The molecule has 0 fully saturated rings. The SMILES string of the molecule is O=C[B][N+](=O)[O-]. The first-order chi connectivity index (χ1) is 2.77. The van der Waals surface area contributed by atoms with Gasteiger partial charge in [0, 0.05) is 0 Å². The Morgan fingerprint density at radius 3 is 2.33 bits per heavy atom. The Labute approximate surface area is 34.6 Å². The average Bonchev–Trinajstić information content (AvgIpc) is 1.35. The Morgan fingerprint density at radius 1 is 1.83 bits per heavy atom. The standard InChI is InChI=1S/CHBNO3/c4-1-2-3(5)6/h1H. The van der Waals surface area contributed by atoms with Crippen molar-refractivity contribution in [3.63, 3.8) is 0 Å². The minimum atomic E-state index is -0.812. The van der Waals surface area contributed by atoms with Crippen LogP contribution in [0.4, 0.5) is 0 Å². The minimum absolute atomic E-state index is 0.125. The molecule has 0 aliphatic carbocycles. The highest BCUT2D eigenvalue weighted by Crippen LogP contribution is 1.51. The van der Waals surface area contributed by atoms with Crippen LogP contribution in [0.1, 0.15) is 0 Å². The maximum absolute atomic E-state index is 9.12. The van der Waals surface area contributed by atoms with E-state index in [-0.39, 0.29) is 6.19 Å². The molecule has 0 amide bonds. The molecule has 1 radical (unpaired) electrons. The van der Waals surface area contributed by atoms with Crippen LogP contribution in [-0.2, 0) is 4.79 Å². The van der Waals surface area contributed by atoms with Gasteiger partial charge in [-0.05, 0) is 0 Å². The van der Waals surface area contributed by atoms with Gasteiger partial charge in [0.15, 0.2) is 6.19 Å². The van der Waals surface area contributed by atoms with E-state index in [0.29, 0.717) is 7.41 Å². The Morgan fingerprint density at radius 2 is 2.33 bits per heavy atom. The molecule has 0 rings (SSSR count). The third-order valence-corrected chi connectivity index (χ3v) is 0.183. The fourth-order valence-corrected chi connectivity index (χ4v) is 0.0497. The zero-order valence-electron chi connectivity index (χ0n) is 2.83. The maximum atomic E-state index is 9.12. The lowest BCUT2D eigenvalue weighted by atomic mass is 10.0. The molecule has 0 atom stereocenters. The lowest BCUT2D eigenvalue weighted by molar-refractivity contribution is -0.317. The van der Waals surface area contributed by atoms with E-state index in [1.54, 1.807) is 0 Å². The zero-order chi connectivity index (χ0) is 4.99. The van der Waals surface area contributed by atoms with Crippen LogP contribution >= 0.6 is 0 Å². The van der Waals surface area contributed by atoms with E-state index in [1.807, 2.05) is 0 Å². The molecule has 0 aromatic carbocycles. The second kappa shape index (κ2) is 2.38. The summed E-state index contributed by atoms with van der Waals surface area (Å²) in [5, 5.41) is 9.12. The van der Waals surface area contributed by atoms with E-state index < -0.39 is 4.83 Å². The maximum Gasteiger partial charge on any atom is 0.676 e. The molecule has 0 unspecified atom stereocenters. The second-order valence-electron chi connectivity index (χ2n) is 0.571. The molecule has 31 valence electrons. The summed E-state index contributed by atoms with van der Waals surface area (Å²) in [5.41, 5.74) is 0. The molecule has 5 heteroatoms. The van der Waals surface area contributed by atoms with Gasteiger partial charge in [0.1, 0.15) is 0 Å². The lowest BCUT2D eigenvalue weighted by Crippen LogP contribution is -2.05. The molecule has 6 heavy (non-hydrogen) atoms. The predicted molar refractivity (Wildman–Crippen MR) is 19.5 cm³/mol. The van der Waals surface area contributed by atoms with Crippen molar-refractivity contribution in [1.29, 1.82) is 0 Å². The van der Waals surface area contributed by atoms with Crippen molar-refractivity contribution in [2.45, 2.75) is 0 Å². The number of nitro groups is 1. The third-order valence-electron chi connectivity index (χ3n) is 0.183. The average molecular weight is 85.8 g/mol. The van der Waals surface area contributed by atoms with Crippen LogP contribution in [0.15, 0.2) is 0 Å². The van der Waals surface area contributed by atoms with Crippen molar-refractivity contribution in [1.82, 2.24) is 0 Å². The molecule has 0 aliphatic rings. The molecule has 0 heterocycles. The molecule has 0 N–H and O–H groups in total. The fraction of sp³-hybridized carbons (Fsp3) is 0. The third kappa shape index (κ3) is 3.13. The molecule has 0 saturated carbocycles. The van der Waals surface area contributed by atoms with Gasteiger partial charge in [0.2, 0.25) is 0 Å². The van der Waals surface area contributed by atoms with Crippen LogP contribution in [0.2, 0.25) is 0 Å². The van der Waals surface area contributed by atoms with Gasteiger partial charge in [-0.25, -0.2) is 0 Å². The summed E-state index contributed by atoms with van der Waals surface area (Å²) >= 11 is 0. The number of hydrogen-bond acceptors (Lipinski definition) is 3. The van der Waals surface area contributed by atoms with Gasteiger partial charge in [-0.3, -0.25) is 10.1 Å². The summed E-state index contributed by atoms with van der Waals surface area (Å²) < 4.78 is 0. The van der Waals surface area contributed by atoms with Crippen LogP contribution in [0.3, 0.4) is 0 Å². The van der Waals surface area contributed by atoms with Crippen LogP contribution in [0.5, 0.6) is 0 Å². The van der Waals surface area contributed by atoms with Crippen molar-refractivity contribution in [3.8, 4) is 0 Å². The van der Waals surface area contributed by atoms with Crippen LogP contribution in [0, 0.1) is 10.1 Å². The molecule has 0 aromatic rings. The van der Waals surface area contributed by atoms with E-state index in [9.17, 15) is 0 Å². The summed E-state index contributed by atoms with van der Waals surface area (Å²) in [6, 6.07) is 0. The molecule has 0 aromatic heterocycles. The largest absolute Gasteiger partial charge is 0.676 e. The van der Waals surface area contributed by atoms with E-state index >= 15 is 0 Å². The summed E-state index contributed by atoms with van der Waals surface area (Å²) in [6.07, 6.45) is 0.125. The summed E-state index contributed by atoms with van der Waals surface area (Å²) in [7, 11) is 0.333. The number of carbonyl (C=O) groups excluding carboxylic acids is 1. The summed E-state index contributed by atoms with van der Waals surface area (Å²) in [5.74, 6) is 0. The number of rotatable bonds is 2. The Bertz CT molecular complexity index is 71.2. The molecule has 0 spiro atoms. The van der Waals surface area contributed by atoms with E-state index in [4.69, 9.17) is 14.9 Å². The molecule has 0 saturated heterocycles. The highest BCUT2D eigenvalue weighted by molar-refractivity contribution is 6.59. The highest BCUT2D eigenvalue weighted by Gasteiger charge is 2.01. The van der Waals surface area contributed by atoms with E-state index in [2.05, 4.69) is 0 Å². The van der Waals surface area contributed by atoms with Gasteiger partial charge in [0.25, 0.3) is 0 Å². The molecule has 0 aliphatic heterocycles. The minimum Gasteiger partial charge on any atom is -0.306 e. The Hall–Kier alpha value is -0.865. The number of hydrogen-bond donors (Lipinski definition) is 0. The first-order valence-electron chi connectivity index (χ1n) is 1.19. The number of nitrogens with zero attached hydrogens (tertiary/aromatic N) is 1. The van der Waals surface area contributed by atoms with Crippen LogP contribution in [-0.4, -0.2) is 18.4 Å². The van der Waals surface area contributed by atoms with Gasteiger partial charge < -0.3 is 4.79 Å². The fourth-order valence-electron chi connectivity index (χ4n) is 0.0497. The van der Waals surface area contributed by atoms with E-state index in [1.165, 1.54) is 0 Å². The van der Waals surface area contributed by atoms with Crippen LogP contribution < -0.4 is 0 Å². The molecule has 4 nitrogen and oxygen atoms in total.